The molecule has 1 aromatic carbocycles. The molecule has 0 aliphatic carbocycles. The molecule has 1 aliphatic heterocycles. The highest BCUT2D eigenvalue weighted by atomic mass is 16.2. The number of nitrogens with zero attached hydrogens (tertiary/aromatic N) is 3. The number of carbonyl (C=O) groups excluding carboxylic acids is 2. The summed E-state index contributed by atoms with van der Waals surface area (Å²) in [5, 5.41) is 12.7. The van der Waals surface area contributed by atoms with Gasteiger partial charge in [-0.05, 0) is 24.9 Å². The van der Waals surface area contributed by atoms with Crippen LogP contribution in [0.15, 0.2) is 36.7 Å². The average molecular weight is 328 g/mol. The molecule has 0 saturated carbocycles. The van der Waals surface area contributed by atoms with E-state index in [9.17, 15) is 9.59 Å². The summed E-state index contributed by atoms with van der Waals surface area (Å²) < 4.78 is 1.40. The fourth-order valence-corrected chi connectivity index (χ4v) is 2.53. The number of hydrogen-bond acceptors (Lipinski definition) is 5. The van der Waals surface area contributed by atoms with Gasteiger partial charge in [0.1, 0.15) is 12.9 Å². The van der Waals surface area contributed by atoms with Crippen molar-refractivity contribution < 1.29 is 9.59 Å². The molecule has 1 atom stereocenters. The molecule has 0 spiro atoms. The number of hydrogen-bond donors (Lipinski definition) is 3. The Balaban J connectivity index is 1.46. The number of carbonyl (C=O) groups is 2. The molecule has 3 N–H and O–H groups in total. The van der Waals surface area contributed by atoms with Gasteiger partial charge in [0, 0.05) is 6.54 Å². The summed E-state index contributed by atoms with van der Waals surface area (Å²) in [5.41, 5.74) is 1.03. The molecule has 2 amide bonds. The summed E-state index contributed by atoms with van der Waals surface area (Å²) in [5.74, 6) is -0.0950. The number of benzene rings is 1. The van der Waals surface area contributed by atoms with E-state index in [1.807, 2.05) is 30.3 Å². The quantitative estimate of drug-likeness (QED) is 0.707. The van der Waals surface area contributed by atoms with Crippen LogP contribution in [0.1, 0.15) is 18.4 Å². The Hall–Kier alpha value is -2.74. The predicted octanol–water partition coefficient (Wildman–Crippen LogP) is 0.285. The molecule has 24 heavy (non-hydrogen) atoms. The van der Waals surface area contributed by atoms with Gasteiger partial charge in [-0.3, -0.25) is 14.9 Å². The van der Waals surface area contributed by atoms with E-state index in [2.05, 4.69) is 26.0 Å². The highest BCUT2D eigenvalue weighted by Crippen LogP contribution is 2.07. The smallest absolute Gasteiger partial charge is 0.248 e. The zero-order valence-electron chi connectivity index (χ0n) is 13.2. The summed E-state index contributed by atoms with van der Waals surface area (Å²) in [6, 6.07) is 9.48. The third-order valence-corrected chi connectivity index (χ3v) is 3.79. The molecule has 1 saturated heterocycles. The third-order valence-electron chi connectivity index (χ3n) is 3.79. The maximum absolute atomic E-state index is 12.0. The van der Waals surface area contributed by atoms with Crippen molar-refractivity contribution in [3.63, 3.8) is 0 Å². The van der Waals surface area contributed by atoms with Crippen LogP contribution < -0.4 is 16.0 Å². The minimum Gasteiger partial charge on any atom is -0.350 e. The highest BCUT2D eigenvalue weighted by Gasteiger charge is 2.22. The number of amides is 2. The van der Waals surface area contributed by atoms with E-state index in [-0.39, 0.29) is 30.3 Å². The monoisotopic (exact) mass is 328 g/mol. The summed E-state index contributed by atoms with van der Waals surface area (Å²) >= 11 is 0. The van der Waals surface area contributed by atoms with Crippen molar-refractivity contribution in [1.82, 2.24) is 25.4 Å². The molecular formula is C16H20N6O2. The highest BCUT2D eigenvalue weighted by molar-refractivity contribution is 5.93. The molecule has 126 valence electrons. The van der Waals surface area contributed by atoms with Crippen molar-refractivity contribution in [1.29, 1.82) is 0 Å². The molecule has 0 bridgehead atoms. The first-order chi connectivity index (χ1) is 11.7. The second kappa shape index (κ2) is 7.69. The van der Waals surface area contributed by atoms with E-state index in [0.29, 0.717) is 6.54 Å². The predicted molar refractivity (Wildman–Crippen MR) is 88.0 cm³/mol. The molecule has 3 rings (SSSR count). The molecule has 1 fully saturated rings. The zero-order valence-corrected chi connectivity index (χ0v) is 13.2. The number of aromatic nitrogens is 3. The molecule has 1 unspecified atom stereocenters. The van der Waals surface area contributed by atoms with Gasteiger partial charge in [0.25, 0.3) is 0 Å². The van der Waals surface area contributed by atoms with Gasteiger partial charge in [-0.15, -0.1) is 5.10 Å². The van der Waals surface area contributed by atoms with Crippen LogP contribution in [0.4, 0.5) is 5.95 Å². The van der Waals surface area contributed by atoms with Gasteiger partial charge in [-0.1, -0.05) is 30.3 Å². The van der Waals surface area contributed by atoms with Crippen LogP contribution in [-0.2, 0) is 22.7 Å². The SMILES string of the molecule is O=C(Cn1cnc(NC(=O)C2CCCN2)n1)NCc1ccccc1. The van der Waals surface area contributed by atoms with Gasteiger partial charge in [-0.25, -0.2) is 9.67 Å². The van der Waals surface area contributed by atoms with Crippen molar-refractivity contribution >= 4 is 17.8 Å². The minimum atomic E-state index is -0.189. The minimum absolute atomic E-state index is 0.0530. The van der Waals surface area contributed by atoms with E-state index in [4.69, 9.17) is 0 Å². The standard InChI is InChI=1S/C16H20N6O2/c23-14(18-9-12-5-2-1-3-6-12)10-22-11-19-16(21-22)20-15(24)13-7-4-8-17-13/h1-3,5-6,11,13,17H,4,7-10H2,(H,18,23)(H,20,21,24). The van der Waals surface area contributed by atoms with Crippen molar-refractivity contribution in [3.8, 4) is 0 Å². The summed E-state index contributed by atoms with van der Waals surface area (Å²) in [6.07, 6.45) is 3.23. The Morgan fingerprint density at radius 1 is 1.29 bits per heavy atom. The second-order valence-corrected chi connectivity index (χ2v) is 5.67. The van der Waals surface area contributed by atoms with E-state index >= 15 is 0 Å². The van der Waals surface area contributed by atoms with Crippen LogP contribution in [0, 0.1) is 0 Å². The van der Waals surface area contributed by atoms with Gasteiger partial charge in [0.05, 0.1) is 6.04 Å². The maximum atomic E-state index is 12.0. The first kappa shape index (κ1) is 16.1. The van der Waals surface area contributed by atoms with E-state index in [0.717, 1.165) is 24.9 Å². The normalized spacial score (nSPS) is 16.8. The Bertz CT molecular complexity index is 694. The average Bonchev–Trinajstić information content (AvgIpc) is 3.26. The molecule has 2 aromatic rings. The first-order valence-electron chi connectivity index (χ1n) is 7.95. The lowest BCUT2D eigenvalue weighted by molar-refractivity contribution is -0.122. The van der Waals surface area contributed by atoms with Crippen molar-refractivity contribution in [3.05, 3.63) is 42.2 Å². The van der Waals surface area contributed by atoms with Gasteiger partial charge in [0.15, 0.2) is 0 Å². The lowest BCUT2D eigenvalue weighted by atomic mass is 10.2. The van der Waals surface area contributed by atoms with Crippen LogP contribution in [-0.4, -0.2) is 39.2 Å². The van der Waals surface area contributed by atoms with Gasteiger partial charge < -0.3 is 10.6 Å². The van der Waals surface area contributed by atoms with E-state index in [1.54, 1.807) is 0 Å². The summed E-state index contributed by atoms with van der Waals surface area (Å²) in [4.78, 5) is 27.9. The molecular weight excluding hydrogens is 308 g/mol. The maximum Gasteiger partial charge on any atom is 0.248 e. The topological polar surface area (TPSA) is 101 Å². The molecule has 8 heteroatoms. The Kier molecular flexibility index (Phi) is 5.17. The molecule has 1 aliphatic rings. The van der Waals surface area contributed by atoms with Crippen LogP contribution in [0.5, 0.6) is 0 Å². The fraction of sp³-hybridized carbons (Fsp3) is 0.375. The Morgan fingerprint density at radius 2 is 2.12 bits per heavy atom. The second-order valence-electron chi connectivity index (χ2n) is 5.67. The Labute approximate surface area is 139 Å². The number of rotatable bonds is 6. The molecule has 8 nitrogen and oxygen atoms in total. The van der Waals surface area contributed by atoms with Gasteiger partial charge in [0.2, 0.25) is 17.8 Å². The van der Waals surface area contributed by atoms with Crippen LogP contribution in [0.2, 0.25) is 0 Å². The van der Waals surface area contributed by atoms with Crippen molar-refractivity contribution in [2.24, 2.45) is 0 Å². The molecule has 0 radical (unpaired) electrons. The summed E-state index contributed by atoms with van der Waals surface area (Å²) in [7, 11) is 0. The largest absolute Gasteiger partial charge is 0.350 e. The summed E-state index contributed by atoms with van der Waals surface area (Å²) in [6.45, 7) is 1.37. The van der Waals surface area contributed by atoms with Gasteiger partial charge >= 0.3 is 0 Å². The number of anilines is 1. The zero-order chi connectivity index (χ0) is 16.8. The lowest BCUT2D eigenvalue weighted by Gasteiger charge is -2.08. The fourth-order valence-electron chi connectivity index (χ4n) is 2.53. The van der Waals surface area contributed by atoms with Gasteiger partial charge in [-0.2, -0.15) is 0 Å². The van der Waals surface area contributed by atoms with E-state index < -0.39 is 0 Å². The molecule has 1 aromatic heterocycles. The molecule has 2 heterocycles. The van der Waals surface area contributed by atoms with Crippen LogP contribution in [0.25, 0.3) is 0 Å². The van der Waals surface area contributed by atoms with Crippen molar-refractivity contribution in [2.45, 2.75) is 32.0 Å². The third kappa shape index (κ3) is 4.39. The van der Waals surface area contributed by atoms with Crippen molar-refractivity contribution in [2.75, 3.05) is 11.9 Å². The first-order valence-corrected chi connectivity index (χ1v) is 7.95. The number of nitrogens with one attached hydrogen (secondary N) is 3. The lowest BCUT2D eigenvalue weighted by Crippen LogP contribution is -2.35. The van der Waals surface area contributed by atoms with Crippen LogP contribution >= 0.6 is 0 Å². The van der Waals surface area contributed by atoms with E-state index in [1.165, 1.54) is 11.0 Å². The van der Waals surface area contributed by atoms with Crippen LogP contribution in [0.3, 0.4) is 0 Å². The Morgan fingerprint density at radius 3 is 2.88 bits per heavy atom.